The number of aliphatic carboxylic acids is 1. The second kappa shape index (κ2) is 5.04. The standard InChI is InChI=1S/C14H16F2O2/c15-11-6-4-5-10(12(11)16)9-14(13(17)18)7-2-1-3-8-14/h4-6H,1-3,7-9H2,(H,17,18). The van der Waals surface area contributed by atoms with Gasteiger partial charge in [-0.3, -0.25) is 4.79 Å². The van der Waals surface area contributed by atoms with E-state index in [-0.39, 0.29) is 12.0 Å². The molecule has 0 aromatic heterocycles. The van der Waals surface area contributed by atoms with Crippen molar-refractivity contribution in [2.75, 3.05) is 0 Å². The Labute approximate surface area is 105 Å². The van der Waals surface area contributed by atoms with E-state index in [1.807, 2.05) is 0 Å². The van der Waals surface area contributed by atoms with E-state index in [1.54, 1.807) is 0 Å². The molecule has 0 saturated heterocycles. The Bertz CT molecular complexity index is 451. The largest absolute Gasteiger partial charge is 0.481 e. The van der Waals surface area contributed by atoms with E-state index in [1.165, 1.54) is 12.1 Å². The molecule has 18 heavy (non-hydrogen) atoms. The Balaban J connectivity index is 2.29. The number of hydrogen-bond donors (Lipinski definition) is 1. The van der Waals surface area contributed by atoms with E-state index < -0.39 is 23.0 Å². The van der Waals surface area contributed by atoms with Gasteiger partial charge in [0.2, 0.25) is 0 Å². The smallest absolute Gasteiger partial charge is 0.309 e. The maximum absolute atomic E-state index is 13.6. The molecular weight excluding hydrogens is 238 g/mol. The molecule has 1 saturated carbocycles. The number of carboxylic acids is 1. The third-order valence-corrected chi connectivity index (χ3v) is 3.82. The van der Waals surface area contributed by atoms with Crippen molar-refractivity contribution in [3.05, 3.63) is 35.4 Å². The SMILES string of the molecule is O=C(O)C1(Cc2cccc(F)c2F)CCCCC1. The quantitative estimate of drug-likeness (QED) is 0.895. The van der Waals surface area contributed by atoms with Crippen LogP contribution in [0.2, 0.25) is 0 Å². The fourth-order valence-electron chi connectivity index (χ4n) is 2.74. The van der Waals surface area contributed by atoms with Gasteiger partial charge in [-0.25, -0.2) is 8.78 Å². The maximum atomic E-state index is 13.6. The molecule has 1 N–H and O–H groups in total. The summed E-state index contributed by atoms with van der Waals surface area (Å²) in [6.07, 6.45) is 3.84. The normalized spacial score (nSPS) is 18.6. The summed E-state index contributed by atoms with van der Waals surface area (Å²) in [5, 5.41) is 9.39. The van der Waals surface area contributed by atoms with Gasteiger partial charge in [-0.1, -0.05) is 31.4 Å². The van der Waals surface area contributed by atoms with Crippen molar-refractivity contribution in [1.82, 2.24) is 0 Å². The molecule has 0 aliphatic heterocycles. The fourth-order valence-corrected chi connectivity index (χ4v) is 2.74. The molecule has 0 atom stereocenters. The van der Waals surface area contributed by atoms with Crippen molar-refractivity contribution in [1.29, 1.82) is 0 Å². The van der Waals surface area contributed by atoms with Gasteiger partial charge in [0.25, 0.3) is 0 Å². The molecule has 1 aliphatic carbocycles. The minimum Gasteiger partial charge on any atom is -0.481 e. The first-order chi connectivity index (χ1) is 8.55. The van der Waals surface area contributed by atoms with Gasteiger partial charge >= 0.3 is 5.97 Å². The summed E-state index contributed by atoms with van der Waals surface area (Å²) in [5.74, 6) is -2.72. The summed E-state index contributed by atoms with van der Waals surface area (Å²) < 4.78 is 26.8. The molecule has 1 aliphatic rings. The van der Waals surface area contributed by atoms with Crippen LogP contribution in [0.1, 0.15) is 37.7 Å². The fraction of sp³-hybridized carbons (Fsp3) is 0.500. The number of rotatable bonds is 3. The summed E-state index contributed by atoms with van der Waals surface area (Å²) in [4.78, 5) is 11.5. The van der Waals surface area contributed by atoms with Gasteiger partial charge in [-0.15, -0.1) is 0 Å². The molecule has 0 heterocycles. The van der Waals surface area contributed by atoms with Gasteiger partial charge in [0.05, 0.1) is 5.41 Å². The number of halogens is 2. The molecule has 2 nitrogen and oxygen atoms in total. The molecule has 0 radical (unpaired) electrons. The molecule has 0 bridgehead atoms. The third kappa shape index (κ3) is 2.37. The van der Waals surface area contributed by atoms with Crippen LogP contribution in [-0.2, 0) is 11.2 Å². The zero-order valence-corrected chi connectivity index (χ0v) is 10.1. The minimum atomic E-state index is -0.924. The lowest BCUT2D eigenvalue weighted by Gasteiger charge is -2.33. The first kappa shape index (κ1) is 13.0. The number of hydrogen-bond acceptors (Lipinski definition) is 1. The average Bonchev–Trinajstić information content (AvgIpc) is 2.36. The highest BCUT2D eigenvalue weighted by Gasteiger charge is 2.40. The predicted molar refractivity (Wildman–Crippen MR) is 63.2 cm³/mol. The first-order valence-corrected chi connectivity index (χ1v) is 6.21. The van der Waals surface area contributed by atoms with Gasteiger partial charge in [0.15, 0.2) is 11.6 Å². The highest BCUT2D eigenvalue weighted by atomic mass is 19.2. The number of carbonyl (C=O) groups is 1. The molecule has 4 heteroatoms. The van der Waals surface area contributed by atoms with Crippen LogP contribution < -0.4 is 0 Å². The highest BCUT2D eigenvalue weighted by Crippen LogP contribution is 2.40. The molecule has 2 rings (SSSR count). The molecule has 98 valence electrons. The van der Waals surface area contributed by atoms with Crippen LogP contribution in [0.4, 0.5) is 8.78 Å². The van der Waals surface area contributed by atoms with Crippen LogP contribution in [0.25, 0.3) is 0 Å². The Morgan fingerprint density at radius 3 is 2.50 bits per heavy atom. The van der Waals surface area contributed by atoms with E-state index in [2.05, 4.69) is 0 Å². The Kier molecular flexibility index (Phi) is 3.64. The van der Waals surface area contributed by atoms with E-state index in [9.17, 15) is 18.7 Å². The molecule has 1 aromatic carbocycles. The predicted octanol–water partition coefficient (Wildman–Crippen LogP) is 3.54. The van der Waals surface area contributed by atoms with Gasteiger partial charge < -0.3 is 5.11 Å². The van der Waals surface area contributed by atoms with E-state index in [0.717, 1.165) is 25.3 Å². The van der Waals surface area contributed by atoms with E-state index in [0.29, 0.717) is 12.8 Å². The second-order valence-electron chi connectivity index (χ2n) is 5.04. The highest BCUT2D eigenvalue weighted by molar-refractivity contribution is 5.75. The third-order valence-electron chi connectivity index (χ3n) is 3.82. The van der Waals surface area contributed by atoms with Crippen LogP contribution >= 0.6 is 0 Å². The molecule has 0 spiro atoms. The first-order valence-electron chi connectivity index (χ1n) is 6.21. The molecule has 0 amide bonds. The van der Waals surface area contributed by atoms with Crippen molar-refractivity contribution in [3.63, 3.8) is 0 Å². The second-order valence-corrected chi connectivity index (χ2v) is 5.04. The number of benzene rings is 1. The summed E-state index contributed by atoms with van der Waals surface area (Å²) in [6, 6.07) is 3.94. The maximum Gasteiger partial charge on any atom is 0.309 e. The minimum absolute atomic E-state index is 0.0753. The van der Waals surface area contributed by atoms with Crippen LogP contribution in [0, 0.1) is 17.0 Å². The molecule has 1 aromatic rings. The Morgan fingerprint density at radius 2 is 1.89 bits per heavy atom. The topological polar surface area (TPSA) is 37.3 Å². The van der Waals surface area contributed by atoms with Gasteiger partial charge in [-0.2, -0.15) is 0 Å². The van der Waals surface area contributed by atoms with E-state index >= 15 is 0 Å². The van der Waals surface area contributed by atoms with Crippen LogP contribution in [-0.4, -0.2) is 11.1 Å². The molecule has 1 fully saturated rings. The number of carboxylic acid groups (broad SMARTS) is 1. The van der Waals surface area contributed by atoms with Crippen molar-refractivity contribution in [3.8, 4) is 0 Å². The summed E-state index contributed by atoms with van der Waals surface area (Å²) in [5.41, 5.74) is -0.758. The van der Waals surface area contributed by atoms with E-state index in [4.69, 9.17) is 0 Å². The average molecular weight is 254 g/mol. The summed E-state index contributed by atoms with van der Waals surface area (Å²) >= 11 is 0. The summed E-state index contributed by atoms with van der Waals surface area (Å²) in [7, 11) is 0. The lowest BCUT2D eigenvalue weighted by molar-refractivity contribution is -0.151. The Hall–Kier alpha value is -1.45. The monoisotopic (exact) mass is 254 g/mol. The van der Waals surface area contributed by atoms with Crippen molar-refractivity contribution < 1.29 is 18.7 Å². The lowest BCUT2D eigenvalue weighted by atomic mass is 9.70. The van der Waals surface area contributed by atoms with Crippen molar-refractivity contribution >= 4 is 5.97 Å². The van der Waals surface area contributed by atoms with Crippen molar-refractivity contribution in [2.24, 2.45) is 5.41 Å². The van der Waals surface area contributed by atoms with Crippen molar-refractivity contribution in [2.45, 2.75) is 38.5 Å². The molecule has 0 unspecified atom stereocenters. The van der Waals surface area contributed by atoms with Gasteiger partial charge in [0.1, 0.15) is 0 Å². The molecular formula is C14H16F2O2. The van der Waals surface area contributed by atoms with Crippen LogP contribution in [0.5, 0.6) is 0 Å². The van der Waals surface area contributed by atoms with Gasteiger partial charge in [-0.05, 0) is 30.9 Å². The zero-order valence-electron chi connectivity index (χ0n) is 10.1. The lowest BCUT2D eigenvalue weighted by Crippen LogP contribution is -2.35. The van der Waals surface area contributed by atoms with Crippen LogP contribution in [0.15, 0.2) is 18.2 Å². The summed E-state index contributed by atoms with van der Waals surface area (Å²) in [6.45, 7) is 0. The Morgan fingerprint density at radius 1 is 1.22 bits per heavy atom. The van der Waals surface area contributed by atoms with Gasteiger partial charge in [0, 0.05) is 0 Å². The van der Waals surface area contributed by atoms with Crippen LogP contribution in [0.3, 0.4) is 0 Å². The zero-order chi connectivity index (χ0) is 13.2.